The largest absolute Gasteiger partial charge is 0.247 e. The fraction of sp³-hybridized carbons (Fsp3) is 0.364. The molecule has 2 heteroatoms. The van der Waals surface area contributed by atoms with Gasteiger partial charge in [-0.1, -0.05) is 17.7 Å². The molecule has 1 aromatic heterocycles. The maximum absolute atomic E-state index is 4.40. The molecule has 0 aliphatic heterocycles. The number of aryl methyl sites for hydroxylation is 2. The molecular formula is C11H13NS. The Morgan fingerprint density at radius 3 is 2.77 bits per heavy atom. The lowest BCUT2D eigenvalue weighted by atomic mass is 10.3. The highest BCUT2D eigenvalue weighted by Gasteiger charge is 1.96. The van der Waals surface area contributed by atoms with Crippen LogP contribution in [0.2, 0.25) is 0 Å². The van der Waals surface area contributed by atoms with E-state index in [9.17, 15) is 0 Å². The summed E-state index contributed by atoms with van der Waals surface area (Å²) in [6, 6.07) is 4.17. The van der Waals surface area contributed by atoms with Crippen molar-refractivity contribution in [3.63, 3.8) is 0 Å². The number of hydrogen-bond acceptors (Lipinski definition) is 2. The highest BCUT2D eigenvalue weighted by molar-refractivity contribution is 7.99. The third-order valence-electron chi connectivity index (χ3n) is 1.54. The van der Waals surface area contributed by atoms with Gasteiger partial charge in [0.05, 0.1) is 10.8 Å². The van der Waals surface area contributed by atoms with Gasteiger partial charge in [0, 0.05) is 5.69 Å². The zero-order valence-electron chi connectivity index (χ0n) is 8.22. The first-order valence-corrected chi connectivity index (χ1v) is 5.18. The molecule has 0 saturated heterocycles. The summed E-state index contributed by atoms with van der Waals surface area (Å²) >= 11 is 1.69. The minimum Gasteiger partial charge on any atom is -0.247 e. The highest BCUT2D eigenvalue weighted by Crippen LogP contribution is 2.16. The summed E-state index contributed by atoms with van der Waals surface area (Å²) in [5.74, 6) is 6.70. The van der Waals surface area contributed by atoms with Gasteiger partial charge in [-0.2, -0.15) is 0 Å². The SMILES string of the molecule is CC#CCSc1cc(C)cc(C)n1. The molecule has 0 spiro atoms. The zero-order chi connectivity index (χ0) is 9.68. The average Bonchev–Trinajstić information content (AvgIpc) is 2.03. The number of aromatic nitrogens is 1. The fourth-order valence-electron chi connectivity index (χ4n) is 1.06. The van der Waals surface area contributed by atoms with Crippen molar-refractivity contribution in [2.45, 2.75) is 25.8 Å². The van der Waals surface area contributed by atoms with Crippen molar-refractivity contribution in [3.05, 3.63) is 23.4 Å². The van der Waals surface area contributed by atoms with Crippen LogP contribution in [0.15, 0.2) is 17.2 Å². The van der Waals surface area contributed by atoms with Gasteiger partial charge < -0.3 is 0 Å². The zero-order valence-corrected chi connectivity index (χ0v) is 9.03. The van der Waals surface area contributed by atoms with Crippen LogP contribution in [0.25, 0.3) is 0 Å². The molecule has 0 bridgehead atoms. The van der Waals surface area contributed by atoms with E-state index in [2.05, 4.69) is 35.9 Å². The lowest BCUT2D eigenvalue weighted by Gasteiger charge is -2.00. The standard InChI is InChI=1S/C11H13NS/c1-4-5-6-13-11-8-9(2)7-10(3)12-11/h7-8H,6H2,1-3H3. The smallest absolute Gasteiger partial charge is 0.0974 e. The quantitative estimate of drug-likeness (QED) is 0.526. The minimum atomic E-state index is 0.826. The van der Waals surface area contributed by atoms with Crippen molar-refractivity contribution < 1.29 is 0 Å². The van der Waals surface area contributed by atoms with Crippen LogP contribution in [0.1, 0.15) is 18.2 Å². The van der Waals surface area contributed by atoms with E-state index in [0.717, 1.165) is 16.5 Å². The second-order valence-corrected chi connectivity index (χ2v) is 3.84. The van der Waals surface area contributed by atoms with Crippen LogP contribution in [-0.4, -0.2) is 10.7 Å². The number of rotatable bonds is 2. The minimum absolute atomic E-state index is 0.826. The van der Waals surface area contributed by atoms with Crippen molar-refractivity contribution in [2.75, 3.05) is 5.75 Å². The third-order valence-corrected chi connectivity index (χ3v) is 2.34. The molecule has 1 nitrogen and oxygen atoms in total. The summed E-state index contributed by atoms with van der Waals surface area (Å²) in [5, 5.41) is 1.07. The maximum atomic E-state index is 4.40. The molecule has 0 unspecified atom stereocenters. The Balaban J connectivity index is 2.69. The topological polar surface area (TPSA) is 12.9 Å². The van der Waals surface area contributed by atoms with E-state index in [1.165, 1.54) is 5.56 Å². The van der Waals surface area contributed by atoms with E-state index in [-0.39, 0.29) is 0 Å². The Morgan fingerprint density at radius 2 is 2.15 bits per heavy atom. The van der Waals surface area contributed by atoms with Crippen LogP contribution in [0, 0.1) is 25.7 Å². The van der Waals surface area contributed by atoms with E-state index >= 15 is 0 Å². The van der Waals surface area contributed by atoms with Gasteiger partial charge >= 0.3 is 0 Å². The third kappa shape index (κ3) is 3.52. The Kier molecular flexibility index (Phi) is 3.85. The van der Waals surface area contributed by atoms with Crippen LogP contribution in [0.5, 0.6) is 0 Å². The van der Waals surface area contributed by atoms with Crippen LogP contribution in [0.4, 0.5) is 0 Å². The van der Waals surface area contributed by atoms with Gasteiger partial charge in [-0.25, -0.2) is 4.98 Å². The predicted octanol–water partition coefficient (Wildman–Crippen LogP) is 2.81. The van der Waals surface area contributed by atoms with E-state index in [1.807, 2.05) is 13.8 Å². The molecule has 0 atom stereocenters. The molecule has 0 amide bonds. The molecule has 0 radical (unpaired) electrons. The molecule has 1 rings (SSSR count). The van der Waals surface area contributed by atoms with Crippen LogP contribution in [0.3, 0.4) is 0 Å². The van der Waals surface area contributed by atoms with E-state index < -0.39 is 0 Å². The summed E-state index contributed by atoms with van der Waals surface area (Å²) in [7, 11) is 0. The van der Waals surface area contributed by atoms with Crippen molar-refractivity contribution in [3.8, 4) is 11.8 Å². The number of nitrogens with zero attached hydrogens (tertiary/aromatic N) is 1. The summed E-state index contributed by atoms with van der Waals surface area (Å²) in [4.78, 5) is 4.40. The second kappa shape index (κ2) is 4.94. The van der Waals surface area contributed by atoms with Gasteiger partial charge in [-0.05, 0) is 38.5 Å². The first-order valence-electron chi connectivity index (χ1n) is 4.20. The lowest BCUT2D eigenvalue weighted by molar-refractivity contribution is 1.05. The van der Waals surface area contributed by atoms with Crippen molar-refractivity contribution >= 4 is 11.8 Å². The summed E-state index contributed by atoms with van der Waals surface area (Å²) < 4.78 is 0. The number of hydrogen-bond donors (Lipinski definition) is 0. The molecule has 1 aromatic rings. The normalized spacial score (nSPS) is 9.15. The molecule has 0 aliphatic rings. The van der Waals surface area contributed by atoms with E-state index in [4.69, 9.17) is 0 Å². The molecule has 0 fully saturated rings. The molecular weight excluding hydrogens is 178 g/mol. The van der Waals surface area contributed by atoms with Crippen LogP contribution in [-0.2, 0) is 0 Å². The molecule has 0 saturated carbocycles. The number of thioether (sulfide) groups is 1. The molecule has 13 heavy (non-hydrogen) atoms. The van der Waals surface area contributed by atoms with Crippen molar-refractivity contribution in [2.24, 2.45) is 0 Å². The summed E-state index contributed by atoms with van der Waals surface area (Å²) in [6.45, 7) is 5.96. The highest BCUT2D eigenvalue weighted by atomic mass is 32.2. The Morgan fingerprint density at radius 1 is 1.38 bits per heavy atom. The van der Waals surface area contributed by atoms with Crippen LogP contribution >= 0.6 is 11.8 Å². The molecule has 1 heterocycles. The van der Waals surface area contributed by atoms with Gasteiger partial charge in [-0.3, -0.25) is 0 Å². The van der Waals surface area contributed by atoms with Crippen LogP contribution < -0.4 is 0 Å². The molecule has 0 aromatic carbocycles. The Bertz CT molecular complexity index is 327. The first-order chi connectivity index (χ1) is 6.22. The number of pyridine rings is 1. The van der Waals surface area contributed by atoms with E-state index in [1.54, 1.807) is 11.8 Å². The second-order valence-electron chi connectivity index (χ2n) is 2.84. The lowest BCUT2D eigenvalue weighted by Crippen LogP contribution is -1.87. The van der Waals surface area contributed by atoms with Crippen molar-refractivity contribution in [1.82, 2.24) is 4.98 Å². The van der Waals surface area contributed by atoms with Gasteiger partial charge in [0.15, 0.2) is 0 Å². The Hall–Kier alpha value is -0.940. The fourth-order valence-corrected chi connectivity index (χ4v) is 1.90. The Labute approximate surface area is 84.0 Å². The maximum Gasteiger partial charge on any atom is 0.0974 e. The van der Waals surface area contributed by atoms with E-state index in [0.29, 0.717) is 0 Å². The van der Waals surface area contributed by atoms with Crippen molar-refractivity contribution in [1.29, 1.82) is 0 Å². The van der Waals surface area contributed by atoms with Gasteiger partial charge in [0.25, 0.3) is 0 Å². The monoisotopic (exact) mass is 191 g/mol. The first kappa shape index (κ1) is 10.1. The van der Waals surface area contributed by atoms with Gasteiger partial charge in [0.1, 0.15) is 0 Å². The predicted molar refractivity (Wildman–Crippen MR) is 57.9 cm³/mol. The molecule has 68 valence electrons. The summed E-state index contributed by atoms with van der Waals surface area (Å²) in [5.41, 5.74) is 2.34. The van der Waals surface area contributed by atoms with Gasteiger partial charge in [-0.15, -0.1) is 5.92 Å². The molecule has 0 N–H and O–H groups in total. The average molecular weight is 191 g/mol. The summed E-state index contributed by atoms with van der Waals surface area (Å²) in [6.07, 6.45) is 0. The van der Waals surface area contributed by atoms with Gasteiger partial charge in [0.2, 0.25) is 0 Å². The molecule has 0 aliphatic carbocycles.